The van der Waals surface area contributed by atoms with Crippen LogP contribution >= 0.6 is 0 Å². The molecule has 1 heterocycles. The zero-order valence-electron chi connectivity index (χ0n) is 8.25. The van der Waals surface area contributed by atoms with Crippen LogP contribution in [0.25, 0.3) is 0 Å². The number of hydrogen-bond donors (Lipinski definition) is 1. The van der Waals surface area contributed by atoms with E-state index >= 15 is 0 Å². The summed E-state index contributed by atoms with van der Waals surface area (Å²) in [4.78, 5) is 0. The molecule has 1 saturated heterocycles. The molecule has 2 aliphatic rings. The first-order chi connectivity index (χ1) is 6.93. The Morgan fingerprint density at radius 1 is 1.21 bits per heavy atom. The number of aryl methyl sites for hydroxylation is 1. The van der Waals surface area contributed by atoms with Gasteiger partial charge in [-0.3, -0.25) is 0 Å². The molecule has 0 spiro atoms. The van der Waals surface area contributed by atoms with E-state index in [1.165, 1.54) is 30.4 Å². The zero-order valence-corrected chi connectivity index (χ0v) is 8.25. The second-order valence-corrected chi connectivity index (χ2v) is 4.15. The molecule has 0 aromatic heterocycles. The third-order valence-electron chi connectivity index (χ3n) is 3.14. The number of benzene rings is 1. The summed E-state index contributed by atoms with van der Waals surface area (Å²) in [6, 6.07) is 6.46. The third-order valence-corrected chi connectivity index (χ3v) is 3.14. The van der Waals surface area contributed by atoms with Crippen LogP contribution in [0.5, 0.6) is 5.75 Å². The molecule has 0 unspecified atom stereocenters. The SMILES string of the molecule is c1cc2c(c(OC3CNC3)c1)CCC2. The Bertz CT molecular complexity index is 344. The van der Waals surface area contributed by atoms with Gasteiger partial charge in [-0.05, 0) is 36.5 Å². The lowest BCUT2D eigenvalue weighted by atomic mass is 10.1. The minimum atomic E-state index is 0.405. The van der Waals surface area contributed by atoms with E-state index in [1.54, 1.807) is 0 Å². The highest BCUT2D eigenvalue weighted by atomic mass is 16.5. The standard InChI is InChI=1S/C12H15NO/c1-3-9-4-2-6-12(11(9)5-1)14-10-7-13-8-10/h2,4,6,10,13H,1,3,5,7-8H2. The van der Waals surface area contributed by atoms with Crippen molar-refractivity contribution in [2.75, 3.05) is 13.1 Å². The van der Waals surface area contributed by atoms with Crippen molar-refractivity contribution >= 4 is 0 Å². The molecule has 0 amide bonds. The van der Waals surface area contributed by atoms with Crippen molar-refractivity contribution in [1.82, 2.24) is 5.32 Å². The van der Waals surface area contributed by atoms with Crippen molar-refractivity contribution < 1.29 is 4.74 Å². The summed E-state index contributed by atoms with van der Waals surface area (Å²) in [6.07, 6.45) is 4.13. The molecular weight excluding hydrogens is 174 g/mol. The van der Waals surface area contributed by atoms with Crippen molar-refractivity contribution in [3.8, 4) is 5.75 Å². The zero-order chi connectivity index (χ0) is 9.38. The first kappa shape index (κ1) is 8.30. The molecule has 1 aliphatic carbocycles. The van der Waals surface area contributed by atoms with Crippen LogP contribution < -0.4 is 10.1 Å². The van der Waals surface area contributed by atoms with Crippen LogP contribution in [0.3, 0.4) is 0 Å². The average Bonchev–Trinajstić information content (AvgIpc) is 2.59. The summed E-state index contributed by atoms with van der Waals surface area (Å²) in [5.41, 5.74) is 2.95. The molecular formula is C12H15NO. The Hall–Kier alpha value is -1.02. The number of nitrogens with one attached hydrogen (secondary N) is 1. The maximum Gasteiger partial charge on any atom is 0.123 e. The van der Waals surface area contributed by atoms with E-state index in [2.05, 4.69) is 23.5 Å². The molecule has 1 N–H and O–H groups in total. The Labute approximate surface area is 84.3 Å². The van der Waals surface area contributed by atoms with Crippen LogP contribution in [0.15, 0.2) is 18.2 Å². The second kappa shape index (κ2) is 3.28. The summed E-state index contributed by atoms with van der Waals surface area (Å²) in [7, 11) is 0. The maximum absolute atomic E-state index is 5.93. The van der Waals surface area contributed by atoms with Gasteiger partial charge in [0.15, 0.2) is 0 Å². The van der Waals surface area contributed by atoms with Gasteiger partial charge in [0.1, 0.15) is 11.9 Å². The molecule has 1 aliphatic heterocycles. The molecule has 3 rings (SSSR count). The monoisotopic (exact) mass is 189 g/mol. The molecule has 2 heteroatoms. The third kappa shape index (κ3) is 1.30. The fourth-order valence-corrected chi connectivity index (χ4v) is 2.22. The quantitative estimate of drug-likeness (QED) is 0.761. The normalized spacial score (nSPS) is 20.3. The summed E-state index contributed by atoms with van der Waals surface area (Å²) < 4.78 is 5.93. The van der Waals surface area contributed by atoms with Crippen molar-refractivity contribution in [3.05, 3.63) is 29.3 Å². The Morgan fingerprint density at radius 3 is 2.93 bits per heavy atom. The molecule has 0 saturated carbocycles. The van der Waals surface area contributed by atoms with Gasteiger partial charge in [-0.15, -0.1) is 0 Å². The van der Waals surface area contributed by atoms with Crippen LogP contribution in [0, 0.1) is 0 Å². The molecule has 1 aromatic rings. The molecule has 14 heavy (non-hydrogen) atoms. The molecule has 0 radical (unpaired) electrons. The highest BCUT2D eigenvalue weighted by molar-refractivity contribution is 5.43. The van der Waals surface area contributed by atoms with Gasteiger partial charge in [0, 0.05) is 13.1 Å². The molecule has 74 valence electrons. The van der Waals surface area contributed by atoms with Crippen molar-refractivity contribution in [1.29, 1.82) is 0 Å². The minimum Gasteiger partial charge on any atom is -0.487 e. The molecule has 0 bridgehead atoms. The van der Waals surface area contributed by atoms with Gasteiger partial charge in [0.25, 0.3) is 0 Å². The van der Waals surface area contributed by atoms with E-state index in [-0.39, 0.29) is 0 Å². The first-order valence-electron chi connectivity index (χ1n) is 5.41. The Balaban J connectivity index is 1.85. The van der Waals surface area contributed by atoms with Gasteiger partial charge < -0.3 is 10.1 Å². The smallest absolute Gasteiger partial charge is 0.123 e. The number of fused-ring (bicyclic) bond motifs is 1. The summed E-state index contributed by atoms with van der Waals surface area (Å²) in [5, 5.41) is 3.22. The van der Waals surface area contributed by atoms with Gasteiger partial charge in [-0.2, -0.15) is 0 Å². The van der Waals surface area contributed by atoms with Gasteiger partial charge in [-0.1, -0.05) is 12.1 Å². The fraction of sp³-hybridized carbons (Fsp3) is 0.500. The largest absolute Gasteiger partial charge is 0.487 e. The lowest BCUT2D eigenvalue weighted by Gasteiger charge is -2.28. The highest BCUT2D eigenvalue weighted by Crippen LogP contribution is 2.31. The van der Waals surface area contributed by atoms with Crippen LogP contribution in [0.1, 0.15) is 17.5 Å². The first-order valence-corrected chi connectivity index (χ1v) is 5.41. The predicted molar refractivity (Wildman–Crippen MR) is 55.8 cm³/mol. The summed E-state index contributed by atoms with van der Waals surface area (Å²) in [5.74, 6) is 1.13. The van der Waals surface area contributed by atoms with E-state index in [0.717, 1.165) is 18.8 Å². The van der Waals surface area contributed by atoms with E-state index in [9.17, 15) is 0 Å². The lowest BCUT2D eigenvalue weighted by Crippen LogP contribution is -2.50. The topological polar surface area (TPSA) is 21.3 Å². The summed E-state index contributed by atoms with van der Waals surface area (Å²) >= 11 is 0. The summed E-state index contributed by atoms with van der Waals surface area (Å²) in [6.45, 7) is 2.01. The van der Waals surface area contributed by atoms with Gasteiger partial charge in [0.2, 0.25) is 0 Å². The molecule has 1 aromatic carbocycles. The maximum atomic E-state index is 5.93. The van der Waals surface area contributed by atoms with Crippen LogP contribution in [-0.4, -0.2) is 19.2 Å². The van der Waals surface area contributed by atoms with Crippen molar-refractivity contribution in [2.24, 2.45) is 0 Å². The van der Waals surface area contributed by atoms with Crippen molar-refractivity contribution in [3.63, 3.8) is 0 Å². The highest BCUT2D eigenvalue weighted by Gasteiger charge is 2.21. The van der Waals surface area contributed by atoms with Gasteiger partial charge in [-0.25, -0.2) is 0 Å². The van der Waals surface area contributed by atoms with Crippen molar-refractivity contribution in [2.45, 2.75) is 25.4 Å². The fourth-order valence-electron chi connectivity index (χ4n) is 2.22. The van der Waals surface area contributed by atoms with E-state index in [0.29, 0.717) is 6.10 Å². The van der Waals surface area contributed by atoms with E-state index in [4.69, 9.17) is 4.74 Å². The minimum absolute atomic E-state index is 0.405. The number of hydrogen-bond acceptors (Lipinski definition) is 2. The number of ether oxygens (including phenoxy) is 1. The molecule has 0 atom stereocenters. The van der Waals surface area contributed by atoms with Crippen LogP contribution in [0.4, 0.5) is 0 Å². The second-order valence-electron chi connectivity index (χ2n) is 4.15. The number of rotatable bonds is 2. The van der Waals surface area contributed by atoms with Crippen LogP contribution in [-0.2, 0) is 12.8 Å². The average molecular weight is 189 g/mol. The van der Waals surface area contributed by atoms with Gasteiger partial charge >= 0.3 is 0 Å². The predicted octanol–water partition coefficient (Wildman–Crippen LogP) is 1.53. The lowest BCUT2D eigenvalue weighted by molar-refractivity contribution is 0.141. The van der Waals surface area contributed by atoms with Gasteiger partial charge in [0.05, 0.1) is 0 Å². The van der Waals surface area contributed by atoms with E-state index in [1.807, 2.05) is 0 Å². The van der Waals surface area contributed by atoms with E-state index < -0.39 is 0 Å². The molecule has 2 nitrogen and oxygen atoms in total. The Kier molecular flexibility index (Phi) is 1.95. The van der Waals surface area contributed by atoms with Crippen LogP contribution in [0.2, 0.25) is 0 Å². The molecule has 1 fully saturated rings. The Morgan fingerprint density at radius 2 is 2.14 bits per heavy atom.